The summed E-state index contributed by atoms with van der Waals surface area (Å²) in [5.41, 5.74) is 2.77. The lowest BCUT2D eigenvalue weighted by Gasteiger charge is -2.34. The minimum atomic E-state index is -4.19. The van der Waals surface area contributed by atoms with Crippen LogP contribution in [0, 0.1) is 6.92 Å². The molecule has 0 aliphatic rings. The summed E-state index contributed by atoms with van der Waals surface area (Å²) in [5, 5.41) is 3.48. The van der Waals surface area contributed by atoms with Crippen molar-refractivity contribution in [3.8, 4) is 5.75 Å². The molecule has 45 heavy (non-hydrogen) atoms. The molecule has 1 unspecified atom stereocenters. The molecule has 0 heterocycles. The summed E-state index contributed by atoms with van der Waals surface area (Å²) in [6, 6.07) is 28.2. The van der Waals surface area contributed by atoms with Crippen LogP contribution in [0.25, 0.3) is 0 Å². The SMILES string of the molecule is COc1ccc(N(CC(=O)N(Cc2ccc(Cl)cc2)C(Cc2ccccc2)C(=O)NC(C)C)S(=O)(=O)c2ccc(C)cc2)cc1. The number of nitrogens with zero attached hydrogens (tertiary/aromatic N) is 2. The molecule has 0 aliphatic carbocycles. The molecular formula is C35H38ClN3O5S. The van der Waals surface area contributed by atoms with Crippen molar-refractivity contribution in [1.29, 1.82) is 0 Å². The Morgan fingerprint density at radius 1 is 0.844 bits per heavy atom. The Labute approximate surface area is 270 Å². The predicted molar refractivity (Wildman–Crippen MR) is 178 cm³/mol. The molecule has 0 saturated heterocycles. The molecule has 236 valence electrons. The van der Waals surface area contributed by atoms with E-state index in [0.29, 0.717) is 10.8 Å². The van der Waals surface area contributed by atoms with Crippen molar-refractivity contribution in [2.24, 2.45) is 0 Å². The molecule has 4 rings (SSSR count). The van der Waals surface area contributed by atoms with E-state index >= 15 is 0 Å². The van der Waals surface area contributed by atoms with Gasteiger partial charge in [0, 0.05) is 24.0 Å². The second-order valence-corrected chi connectivity index (χ2v) is 13.3. The average Bonchev–Trinajstić information content (AvgIpc) is 3.02. The van der Waals surface area contributed by atoms with Gasteiger partial charge >= 0.3 is 0 Å². The molecule has 1 N–H and O–H groups in total. The Hall–Kier alpha value is -4.34. The van der Waals surface area contributed by atoms with Gasteiger partial charge in [-0.05, 0) is 80.4 Å². The molecule has 0 saturated carbocycles. The molecule has 0 bridgehead atoms. The van der Waals surface area contributed by atoms with Crippen molar-refractivity contribution in [1.82, 2.24) is 10.2 Å². The quantitative estimate of drug-likeness (QED) is 0.192. The highest BCUT2D eigenvalue weighted by Gasteiger charge is 2.34. The van der Waals surface area contributed by atoms with Crippen LogP contribution in [0.1, 0.15) is 30.5 Å². The maximum absolute atomic E-state index is 14.5. The van der Waals surface area contributed by atoms with Gasteiger partial charge in [0.2, 0.25) is 11.8 Å². The van der Waals surface area contributed by atoms with E-state index in [9.17, 15) is 18.0 Å². The van der Waals surface area contributed by atoms with Crippen molar-refractivity contribution in [3.05, 3.63) is 125 Å². The third kappa shape index (κ3) is 8.86. The first-order valence-electron chi connectivity index (χ1n) is 14.6. The summed E-state index contributed by atoms with van der Waals surface area (Å²) in [6.45, 7) is 5.08. The fraction of sp³-hybridized carbons (Fsp3) is 0.257. The minimum Gasteiger partial charge on any atom is -0.497 e. The van der Waals surface area contributed by atoms with E-state index in [0.717, 1.165) is 21.0 Å². The van der Waals surface area contributed by atoms with E-state index in [1.54, 1.807) is 60.7 Å². The number of sulfonamides is 1. The van der Waals surface area contributed by atoms with E-state index in [1.807, 2.05) is 51.1 Å². The summed E-state index contributed by atoms with van der Waals surface area (Å²) in [7, 11) is -2.68. The van der Waals surface area contributed by atoms with Crippen LogP contribution in [0.2, 0.25) is 5.02 Å². The van der Waals surface area contributed by atoms with E-state index < -0.39 is 28.5 Å². The summed E-state index contributed by atoms with van der Waals surface area (Å²) < 4.78 is 34.6. The summed E-state index contributed by atoms with van der Waals surface area (Å²) >= 11 is 6.14. The van der Waals surface area contributed by atoms with Crippen LogP contribution in [-0.2, 0) is 32.6 Å². The number of anilines is 1. The van der Waals surface area contributed by atoms with Gasteiger partial charge in [0.15, 0.2) is 0 Å². The molecule has 1 atom stereocenters. The van der Waals surface area contributed by atoms with Gasteiger partial charge in [-0.2, -0.15) is 0 Å². The summed E-state index contributed by atoms with van der Waals surface area (Å²) in [4.78, 5) is 29.7. The molecule has 0 aliphatic heterocycles. The molecule has 4 aromatic rings. The topological polar surface area (TPSA) is 96.0 Å². The van der Waals surface area contributed by atoms with E-state index in [2.05, 4.69) is 5.32 Å². The largest absolute Gasteiger partial charge is 0.497 e. The third-order valence-corrected chi connectivity index (χ3v) is 9.26. The van der Waals surface area contributed by atoms with Gasteiger partial charge in [0.1, 0.15) is 18.3 Å². The highest BCUT2D eigenvalue weighted by Crippen LogP contribution is 2.27. The molecule has 4 aromatic carbocycles. The molecular weight excluding hydrogens is 610 g/mol. The number of carbonyl (C=O) groups excluding carboxylic acids is 2. The number of hydrogen-bond donors (Lipinski definition) is 1. The molecule has 8 nitrogen and oxygen atoms in total. The Morgan fingerprint density at radius 2 is 1.47 bits per heavy atom. The number of halogens is 1. The van der Waals surface area contributed by atoms with E-state index in [4.69, 9.17) is 16.3 Å². The molecule has 0 aromatic heterocycles. The molecule has 0 spiro atoms. The number of hydrogen-bond acceptors (Lipinski definition) is 5. The Morgan fingerprint density at radius 3 is 2.04 bits per heavy atom. The molecule has 10 heteroatoms. The van der Waals surface area contributed by atoms with Gasteiger partial charge in [0.05, 0.1) is 17.7 Å². The van der Waals surface area contributed by atoms with Crippen LogP contribution in [0.4, 0.5) is 5.69 Å². The fourth-order valence-electron chi connectivity index (χ4n) is 4.84. The number of benzene rings is 4. The van der Waals surface area contributed by atoms with Crippen molar-refractivity contribution < 1.29 is 22.7 Å². The van der Waals surface area contributed by atoms with E-state index in [-0.39, 0.29) is 35.5 Å². The fourth-order valence-corrected chi connectivity index (χ4v) is 6.38. The number of aryl methyl sites for hydroxylation is 1. The number of nitrogens with one attached hydrogen (secondary N) is 1. The monoisotopic (exact) mass is 647 g/mol. The minimum absolute atomic E-state index is 0.0411. The van der Waals surface area contributed by atoms with Crippen molar-refractivity contribution in [2.75, 3.05) is 18.0 Å². The lowest BCUT2D eigenvalue weighted by Crippen LogP contribution is -2.54. The standard InChI is InChI=1S/C35H38ClN3O5S/c1-25(2)37-35(41)33(22-27-8-6-5-7-9-27)38(23-28-12-14-29(36)15-13-28)34(40)24-39(30-16-18-31(44-4)19-17-30)45(42,43)32-20-10-26(3)11-21-32/h5-21,25,33H,22-24H2,1-4H3,(H,37,41). The highest BCUT2D eigenvalue weighted by atomic mass is 35.5. The van der Waals surface area contributed by atoms with Crippen molar-refractivity contribution in [2.45, 2.75) is 50.7 Å². The predicted octanol–water partition coefficient (Wildman–Crippen LogP) is 6.02. The highest BCUT2D eigenvalue weighted by molar-refractivity contribution is 7.92. The van der Waals surface area contributed by atoms with Gasteiger partial charge in [-0.3, -0.25) is 13.9 Å². The van der Waals surface area contributed by atoms with Crippen LogP contribution < -0.4 is 14.4 Å². The van der Waals surface area contributed by atoms with Gasteiger partial charge < -0.3 is 15.0 Å². The smallest absolute Gasteiger partial charge is 0.264 e. The Kier molecular flexibility index (Phi) is 11.3. The molecule has 0 radical (unpaired) electrons. The zero-order valence-corrected chi connectivity index (χ0v) is 27.4. The van der Waals surface area contributed by atoms with Crippen LogP contribution >= 0.6 is 11.6 Å². The maximum atomic E-state index is 14.5. The molecule has 0 fully saturated rings. The maximum Gasteiger partial charge on any atom is 0.264 e. The first-order valence-corrected chi connectivity index (χ1v) is 16.4. The summed E-state index contributed by atoms with van der Waals surface area (Å²) in [5.74, 6) is -0.347. The van der Waals surface area contributed by atoms with Crippen LogP contribution in [0.5, 0.6) is 5.75 Å². The lowest BCUT2D eigenvalue weighted by molar-refractivity contribution is -0.140. The first-order chi connectivity index (χ1) is 21.5. The number of ether oxygens (including phenoxy) is 1. The number of amides is 2. The van der Waals surface area contributed by atoms with Crippen LogP contribution in [-0.4, -0.2) is 50.9 Å². The van der Waals surface area contributed by atoms with Gasteiger partial charge in [-0.1, -0.05) is 71.8 Å². The second-order valence-electron chi connectivity index (χ2n) is 11.0. The lowest BCUT2D eigenvalue weighted by atomic mass is 10.0. The normalized spacial score (nSPS) is 12.0. The van der Waals surface area contributed by atoms with Crippen LogP contribution in [0.3, 0.4) is 0 Å². The van der Waals surface area contributed by atoms with Crippen LogP contribution in [0.15, 0.2) is 108 Å². The van der Waals surface area contributed by atoms with Crippen molar-refractivity contribution in [3.63, 3.8) is 0 Å². The molecule has 2 amide bonds. The summed E-state index contributed by atoms with van der Waals surface area (Å²) in [6.07, 6.45) is 0.228. The Balaban J connectivity index is 1.80. The van der Waals surface area contributed by atoms with Gasteiger partial charge in [-0.15, -0.1) is 0 Å². The first kappa shape index (κ1) is 33.6. The number of carbonyl (C=O) groups is 2. The van der Waals surface area contributed by atoms with E-state index in [1.165, 1.54) is 24.1 Å². The third-order valence-electron chi connectivity index (χ3n) is 7.22. The zero-order chi connectivity index (χ0) is 32.6. The Bertz CT molecular complexity index is 1680. The second kappa shape index (κ2) is 15.1. The zero-order valence-electron chi connectivity index (χ0n) is 25.8. The van der Waals surface area contributed by atoms with Gasteiger partial charge in [-0.25, -0.2) is 8.42 Å². The average molecular weight is 648 g/mol. The number of methoxy groups -OCH3 is 1. The van der Waals surface area contributed by atoms with Gasteiger partial charge in [0.25, 0.3) is 10.0 Å². The number of rotatable bonds is 13. The van der Waals surface area contributed by atoms with Crippen molar-refractivity contribution >= 4 is 39.1 Å².